The fourth-order valence-electron chi connectivity index (χ4n) is 3.91. The van der Waals surface area contributed by atoms with E-state index in [0.717, 1.165) is 11.8 Å². The van der Waals surface area contributed by atoms with Crippen LogP contribution in [0.2, 0.25) is 0 Å². The summed E-state index contributed by atoms with van der Waals surface area (Å²) in [7, 11) is 0. The van der Waals surface area contributed by atoms with Crippen LogP contribution in [-0.2, 0) is 0 Å². The highest BCUT2D eigenvalue weighted by molar-refractivity contribution is 5.01. The summed E-state index contributed by atoms with van der Waals surface area (Å²) in [5.74, 6) is 1.90. The molecule has 0 amide bonds. The fraction of sp³-hybridized carbons (Fsp3) is 1.00. The highest BCUT2D eigenvalue weighted by Gasteiger charge is 2.51. The van der Waals surface area contributed by atoms with Crippen molar-refractivity contribution < 1.29 is 0 Å². The fourth-order valence-corrected chi connectivity index (χ4v) is 3.91. The van der Waals surface area contributed by atoms with Gasteiger partial charge in [0.25, 0.3) is 0 Å². The van der Waals surface area contributed by atoms with E-state index in [4.69, 9.17) is 0 Å². The van der Waals surface area contributed by atoms with Crippen LogP contribution in [0.3, 0.4) is 0 Å². The predicted molar refractivity (Wildman–Crippen MR) is 78.1 cm³/mol. The zero-order valence-corrected chi connectivity index (χ0v) is 13.5. The van der Waals surface area contributed by atoms with Crippen LogP contribution in [0, 0.1) is 28.1 Å². The molecule has 4 unspecified atom stereocenters. The van der Waals surface area contributed by atoms with Gasteiger partial charge in [-0.3, -0.25) is 0 Å². The molecule has 1 aliphatic carbocycles. The molecule has 0 bridgehead atoms. The maximum Gasteiger partial charge on any atom is -0.0275 e. The largest absolute Gasteiger partial charge is 0.0651 e. The minimum atomic E-state index is 0.418. The van der Waals surface area contributed by atoms with Crippen molar-refractivity contribution in [3.8, 4) is 0 Å². The molecule has 1 saturated carbocycles. The summed E-state index contributed by atoms with van der Waals surface area (Å²) in [4.78, 5) is 0. The average Bonchev–Trinajstić information content (AvgIpc) is 2.23. The van der Waals surface area contributed by atoms with Crippen molar-refractivity contribution >= 4 is 0 Å². The van der Waals surface area contributed by atoms with E-state index < -0.39 is 0 Å². The maximum atomic E-state index is 2.53. The van der Waals surface area contributed by atoms with E-state index in [9.17, 15) is 0 Å². The van der Waals surface area contributed by atoms with Gasteiger partial charge in [0.05, 0.1) is 0 Å². The topological polar surface area (TPSA) is 0 Å². The normalized spacial score (nSPS) is 37.4. The lowest BCUT2D eigenvalue weighted by molar-refractivity contribution is -0.0801. The Hall–Kier alpha value is 0. The minimum absolute atomic E-state index is 0.418. The Bertz CT molecular complexity index is 260. The van der Waals surface area contributed by atoms with Crippen molar-refractivity contribution in [2.24, 2.45) is 28.1 Å². The van der Waals surface area contributed by atoms with Crippen LogP contribution >= 0.6 is 0 Å². The third kappa shape index (κ3) is 2.56. The molecular formula is C17H34. The third-order valence-corrected chi connectivity index (χ3v) is 6.44. The summed E-state index contributed by atoms with van der Waals surface area (Å²) < 4.78 is 0. The first-order valence-electron chi connectivity index (χ1n) is 7.59. The van der Waals surface area contributed by atoms with Gasteiger partial charge >= 0.3 is 0 Å². The van der Waals surface area contributed by atoms with Gasteiger partial charge in [-0.2, -0.15) is 0 Å². The van der Waals surface area contributed by atoms with Gasteiger partial charge in [-0.1, -0.05) is 68.2 Å². The third-order valence-electron chi connectivity index (χ3n) is 6.44. The molecule has 1 aliphatic rings. The van der Waals surface area contributed by atoms with Crippen LogP contribution < -0.4 is 0 Å². The molecule has 102 valence electrons. The van der Waals surface area contributed by atoms with Gasteiger partial charge in [-0.25, -0.2) is 0 Å². The first-order valence-corrected chi connectivity index (χ1v) is 7.59. The minimum Gasteiger partial charge on any atom is -0.0651 e. The van der Waals surface area contributed by atoms with Crippen molar-refractivity contribution in [3.63, 3.8) is 0 Å². The summed E-state index contributed by atoms with van der Waals surface area (Å²) in [5, 5.41) is 0. The SMILES string of the molecule is CCC1CC(C)(CC(C)(CC)C(C)(C)C)C1C. The van der Waals surface area contributed by atoms with Gasteiger partial charge in [0.2, 0.25) is 0 Å². The van der Waals surface area contributed by atoms with Crippen molar-refractivity contribution in [2.45, 2.75) is 81.1 Å². The Kier molecular flexibility index (Phi) is 4.07. The molecular weight excluding hydrogens is 204 g/mol. The predicted octanol–water partition coefficient (Wildman–Crippen LogP) is 5.91. The molecule has 1 fully saturated rings. The molecule has 0 heterocycles. The molecule has 0 aromatic heterocycles. The van der Waals surface area contributed by atoms with Gasteiger partial charge in [0.1, 0.15) is 0 Å². The Morgan fingerprint density at radius 3 is 1.94 bits per heavy atom. The van der Waals surface area contributed by atoms with Crippen LogP contribution in [-0.4, -0.2) is 0 Å². The monoisotopic (exact) mass is 238 g/mol. The van der Waals surface area contributed by atoms with E-state index in [2.05, 4.69) is 55.4 Å². The highest BCUT2D eigenvalue weighted by atomic mass is 14.6. The molecule has 0 saturated heterocycles. The second kappa shape index (κ2) is 4.59. The first kappa shape index (κ1) is 15.1. The van der Waals surface area contributed by atoms with E-state index in [1.54, 1.807) is 0 Å². The molecule has 1 rings (SSSR count). The molecule has 4 atom stereocenters. The number of hydrogen-bond acceptors (Lipinski definition) is 0. The molecule has 0 nitrogen and oxygen atoms in total. The molecule has 0 spiro atoms. The van der Waals surface area contributed by atoms with Gasteiger partial charge < -0.3 is 0 Å². The molecule has 0 heteroatoms. The van der Waals surface area contributed by atoms with Gasteiger partial charge in [0, 0.05) is 0 Å². The second-order valence-electron chi connectivity index (χ2n) is 8.16. The Morgan fingerprint density at radius 1 is 1.12 bits per heavy atom. The quantitative estimate of drug-likeness (QED) is 0.571. The summed E-state index contributed by atoms with van der Waals surface area (Å²) in [6, 6.07) is 0. The lowest BCUT2D eigenvalue weighted by Gasteiger charge is -2.58. The van der Waals surface area contributed by atoms with E-state index in [1.165, 1.54) is 25.7 Å². The zero-order valence-electron chi connectivity index (χ0n) is 13.5. The summed E-state index contributed by atoms with van der Waals surface area (Å²) in [5.41, 5.74) is 1.50. The van der Waals surface area contributed by atoms with Crippen LogP contribution in [0.15, 0.2) is 0 Å². The van der Waals surface area contributed by atoms with Crippen LogP contribution in [0.25, 0.3) is 0 Å². The number of rotatable bonds is 4. The van der Waals surface area contributed by atoms with Crippen molar-refractivity contribution in [1.29, 1.82) is 0 Å². The van der Waals surface area contributed by atoms with Crippen molar-refractivity contribution in [1.82, 2.24) is 0 Å². The summed E-state index contributed by atoms with van der Waals surface area (Å²) >= 11 is 0. The standard InChI is InChI=1S/C17H34/c1-9-14-11-16(7,13(14)3)12-17(8,10-2)15(4,5)6/h13-14H,9-12H2,1-8H3. The lowest BCUT2D eigenvalue weighted by atomic mass is 9.47. The molecule has 0 aromatic rings. The average molecular weight is 238 g/mol. The smallest absolute Gasteiger partial charge is 0.0275 e. The number of hydrogen-bond donors (Lipinski definition) is 0. The zero-order chi connectivity index (χ0) is 13.5. The van der Waals surface area contributed by atoms with Gasteiger partial charge in [-0.05, 0) is 40.9 Å². The molecule has 0 radical (unpaired) electrons. The van der Waals surface area contributed by atoms with Crippen LogP contribution in [0.4, 0.5) is 0 Å². The maximum absolute atomic E-state index is 2.53. The summed E-state index contributed by atoms with van der Waals surface area (Å²) in [6.07, 6.45) is 5.53. The summed E-state index contributed by atoms with van der Waals surface area (Å²) in [6.45, 7) is 19.5. The molecule has 0 N–H and O–H groups in total. The van der Waals surface area contributed by atoms with E-state index in [1.807, 2.05) is 0 Å². The van der Waals surface area contributed by atoms with Crippen molar-refractivity contribution in [3.05, 3.63) is 0 Å². The molecule has 0 aliphatic heterocycles. The Balaban J connectivity index is 2.77. The highest BCUT2D eigenvalue weighted by Crippen LogP contribution is 2.60. The van der Waals surface area contributed by atoms with Gasteiger partial charge in [0.15, 0.2) is 0 Å². The molecule has 17 heavy (non-hydrogen) atoms. The first-order chi connectivity index (χ1) is 7.59. The van der Waals surface area contributed by atoms with Crippen LogP contribution in [0.1, 0.15) is 81.1 Å². The van der Waals surface area contributed by atoms with Gasteiger partial charge in [-0.15, -0.1) is 0 Å². The Morgan fingerprint density at radius 2 is 1.65 bits per heavy atom. The lowest BCUT2D eigenvalue weighted by Crippen LogP contribution is -2.49. The Labute approximate surface area is 110 Å². The molecule has 0 aromatic carbocycles. The van der Waals surface area contributed by atoms with Crippen molar-refractivity contribution in [2.75, 3.05) is 0 Å². The van der Waals surface area contributed by atoms with E-state index >= 15 is 0 Å². The second-order valence-corrected chi connectivity index (χ2v) is 8.16. The van der Waals surface area contributed by atoms with Crippen LogP contribution in [0.5, 0.6) is 0 Å². The van der Waals surface area contributed by atoms with E-state index in [0.29, 0.717) is 16.2 Å². The van der Waals surface area contributed by atoms with E-state index in [-0.39, 0.29) is 0 Å².